The van der Waals surface area contributed by atoms with E-state index in [4.69, 9.17) is 10.3 Å². The summed E-state index contributed by atoms with van der Waals surface area (Å²) in [7, 11) is 0. The highest BCUT2D eigenvalue weighted by Crippen LogP contribution is 2.17. The minimum absolute atomic E-state index is 0.335. The van der Waals surface area contributed by atoms with Crippen molar-refractivity contribution in [3.63, 3.8) is 0 Å². The predicted octanol–water partition coefficient (Wildman–Crippen LogP) is 0.994. The molecule has 1 aromatic heterocycles. The average molecular weight is 205 g/mol. The Balaban J connectivity index is 2.50. The lowest BCUT2D eigenvalue weighted by Crippen LogP contribution is -2.29. The third-order valence-corrected chi connectivity index (χ3v) is 2.13. The topological polar surface area (TPSA) is 81.2 Å². The van der Waals surface area contributed by atoms with E-state index in [1.165, 1.54) is 0 Å². The summed E-state index contributed by atoms with van der Waals surface area (Å²) in [5, 5.41) is 0. The molecule has 78 valence electrons. The van der Waals surface area contributed by atoms with Gasteiger partial charge in [0.1, 0.15) is 5.52 Å². The number of carbonyl (C=O) groups is 1. The normalized spacial score (nSPS) is 10.5. The van der Waals surface area contributed by atoms with E-state index in [0.717, 1.165) is 6.42 Å². The fourth-order valence-electron chi connectivity index (χ4n) is 1.35. The number of fused-ring (bicyclic) bond motifs is 1. The highest BCUT2D eigenvalue weighted by Gasteiger charge is 2.08. The third kappa shape index (κ3) is 1.69. The average Bonchev–Trinajstić information content (AvgIpc) is 2.69. The number of hydrogen-bond donors (Lipinski definition) is 2. The molecule has 0 unspecified atom stereocenters. The van der Waals surface area contributed by atoms with E-state index >= 15 is 0 Å². The number of oxazole rings is 1. The van der Waals surface area contributed by atoms with Crippen LogP contribution in [-0.2, 0) is 6.42 Å². The lowest BCUT2D eigenvalue weighted by molar-refractivity contribution is 0.0954. The Bertz CT molecular complexity index is 504. The van der Waals surface area contributed by atoms with Gasteiger partial charge in [0.05, 0.1) is 0 Å². The molecule has 0 saturated carbocycles. The Labute approximate surface area is 86.2 Å². The zero-order chi connectivity index (χ0) is 10.8. The minimum atomic E-state index is -0.335. The van der Waals surface area contributed by atoms with Gasteiger partial charge in [-0.05, 0) is 18.2 Å². The van der Waals surface area contributed by atoms with E-state index in [9.17, 15) is 4.79 Å². The number of aromatic nitrogens is 1. The number of nitrogens with two attached hydrogens (primary N) is 1. The Morgan fingerprint density at radius 2 is 2.40 bits per heavy atom. The molecule has 0 aliphatic rings. The number of nitrogens with zero attached hydrogens (tertiary/aromatic N) is 1. The van der Waals surface area contributed by atoms with Crippen LogP contribution in [0.2, 0.25) is 0 Å². The van der Waals surface area contributed by atoms with E-state index < -0.39 is 0 Å². The molecular formula is C10H11N3O2. The lowest BCUT2D eigenvalue weighted by atomic mass is 10.2. The standard InChI is InChI=1S/C10H11N3O2/c1-2-9-12-7-5-6(10(14)13-11)3-4-8(7)15-9/h3-5H,2,11H2,1H3,(H,13,14). The highest BCUT2D eigenvalue weighted by molar-refractivity contribution is 5.96. The van der Waals surface area contributed by atoms with Crippen LogP contribution >= 0.6 is 0 Å². The molecule has 0 spiro atoms. The lowest BCUT2D eigenvalue weighted by Gasteiger charge is -1.97. The molecule has 0 aliphatic carbocycles. The van der Waals surface area contributed by atoms with Crippen LogP contribution in [0.15, 0.2) is 22.6 Å². The van der Waals surface area contributed by atoms with E-state index in [1.54, 1.807) is 18.2 Å². The van der Waals surface area contributed by atoms with Crippen molar-refractivity contribution in [2.75, 3.05) is 0 Å². The van der Waals surface area contributed by atoms with Crippen LogP contribution in [0.1, 0.15) is 23.2 Å². The van der Waals surface area contributed by atoms with E-state index in [0.29, 0.717) is 22.6 Å². The fraction of sp³-hybridized carbons (Fsp3) is 0.200. The first-order valence-electron chi connectivity index (χ1n) is 4.65. The quantitative estimate of drug-likeness (QED) is 0.435. The van der Waals surface area contributed by atoms with Crippen molar-refractivity contribution in [2.24, 2.45) is 5.84 Å². The van der Waals surface area contributed by atoms with Gasteiger partial charge in [-0.2, -0.15) is 0 Å². The van der Waals surface area contributed by atoms with Crippen molar-refractivity contribution in [3.8, 4) is 0 Å². The minimum Gasteiger partial charge on any atom is -0.441 e. The van der Waals surface area contributed by atoms with Gasteiger partial charge in [-0.25, -0.2) is 10.8 Å². The number of aryl methyl sites for hydroxylation is 1. The number of benzene rings is 1. The van der Waals surface area contributed by atoms with Gasteiger partial charge in [0.25, 0.3) is 5.91 Å². The second kappa shape index (κ2) is 3.70. The third-order valence-electron chi connectivity index (χ3n) is 2.13. The van der Waals surface area contributed by atoms with Gasteiger partial charge in [0.2, 0.25) is 0 Å². The molecule has 2 aromatic rings. The summed E-state index contributed by atoms with van der Waals surface area (Å²) in [4.78, 5) is 15.5. The maximum Gasteiger partial charge on any atom is 0.265 e. The summed E-state index contributed by atoms with van der Waals surface area (Å²) in [5.41, 5.74) is 3.90. The summed E-state index contributed by atoms with van der Waals surface area (Å²) in [6.45, 7) is 1.96. The second-order valence-corrected chi connectivity index (χ2v) is 3.12. The Hall–Kier alpha value is -1.88. The van der Waals surface area contributed by atoms with Crippen LogP contribution < -0.4 is 11.3 Å². The number of rotatable bonds is 2. The highest BCUT2D eigenvalue weighted by atomic mass is 16.3. The molecule has 1 heterocycles. The van der Waals surface area contributed by atoms with Gasteiger partial charge < -0.3 is 4.42 Å². The van der Waals surface area contributed by atoms with Gasteiger partial charge in [0, 0.05) is 12.0 Å². The van der Waals surface area contributed by atoms with E-state index in [2.05, 4.69) is 10.4 Å². The maximum atomic E-state index is 11.2. The molecule has 0 saturated heterocycles. The molecular weight excluding hydrogens is 194 g/mol. The number of amides is 1. The number of carbonyl (C=O) groups excluding carboxylic acids is 1. The van der Waals surface area contributed by atoms with Crippen molar-refractivity contribution in [1.29, 1.82) is 0 Å². The number of hydrazine groups is 1. The van der Waals surface area contributed by atoms with Crippen LogP contribution in [0.4, 0.5) is 0 Å². The van der Waals surface area contributed by atoms with Crippen molar-refractivity contribution in [2.45, 2.75) is 13.3 Å². The Morgan fingerprint density at radius 3 is 3.07 bits per heavy atom. The number of nitrogen functional groups attached to an aromatic ring is 1. The van der Waals surface area contributed by atoms with Crippen LogP contribution in [0, 0.1) is 0 Å². The first-order chi connectivity index (χ1) is 7.24. The number of hydrogen-bond acceptors (Lipinski definition) is 4. The van der Waals surface area contributed by atoms with Crippen LogP contribution in [0.5, 0.6) is 0 Å². The molecule has 3 N–H and O–H groups in total. The molecule has 0 fully saturated rings. The summed E-state index contributed by atoms with van der Waals surface area (Å²) in [6.07, 6.45) is 0.729. The van der Waals surface area contributed by atoms with Gasteiger partial charge >= 0.3 is 0 Å². The van der Waals surface area contributed by atoms with Crippen molar-refractivity contribution in [1.82, 2.24) is 10.4 Å². The molecule has 1 amide bonds. The van der Waals surface area contributed by atoms with Crippen LogP contribution in [0.3, 0.4) is 0 Å². The fourth-order valence-corrected chi connectivity index (χ4v) is 1.35. The second-order valence-electron chi connectivity index (χ2n) is 3.12. The van der Waals surface area contributed by atoms with Crippen molar-refractivity contribution < 1.29 is 9.21 Å². The predicted molar refractivity (Wildman–Crippen MR) is 55.0 cm³/mol. The molecule has 5 nitrogen and oxygen atoms in total. The van der Waals surface area contributed by atoms with Gasteiger partial charge in [0.15, 0.2) is 11.5 Å². The molecule has 2 rings (SSSR count). The zero-order valence-corrected chi connectivity index (χ0v) is 8.28. The molecule has 0 aliphatic heterocycles. The SMILES string of the molecule is CCc1nc2cc(C(=O)NN)ccc2o1. The summed E-state index contributed by atoms with van der Waals surface area (Å²) in [6, 6.07) is 5.02. The van der Waals surface area contributed by atoms with Gasteiger partial charge in [-0.15, -0.1) is 0 Å². The van der Waals surface area contributed by atoms with Crippen molar-refractivity contribution >= 4 is 17.0 Å². The molecule has 5 heteroatoms. The Morgan fingerprint density at radius 1 is 1.60 bits per heavy atom. The van der Waals surface area contributed by atoms with Crippen LogP contribution in [0.25, 0.3) is 11.1 Å². The van der Waals surface area contributed by atoms with Crippen LogP contribution in [-0.4, -0.2) is 10.9 Å². The monoisotopic (exact) mass is 205 g/mol. The van der Waals surface area contributed by atoms with Crippen molar-refractivity contribution in [3.05, 3.63) is 29.7 Å². The summed E-state index contributed by atoms with van der Waals surface area (Å²) >= 11 is 0. The first kappa shape index (κ1) is 9.67. The summed E-state index contributed by atoms with van der Waals surface area (Å²) in [5.74, 6) is 5.36. The van der Waals surface area contributed by atoms with E-state index in [1.807, 2.05) is 6.92 Å². The first-order valence-corrected chi connectivity index (χ1v) is 4.65. The largest absolute Gasteiger partial charge is 0.441 e. The number of nitrogens with one attached hydrogen (secondary N) is 1. The van der Waals surface area contributed by atoms with E-state index in [-0.39, 0.29) is 5.91 Å². The smallest absolute Gasteiger partial charge is 0.265 e. The molecule has 15 heavy (non-hydrogen) atoms. The zero-order valence-electron chi connectivity index (χ0n) is 8.28. The maximum absolute atomic E-state index is 11.2. The molecule has 0 atom stereocenters. The molecule has 0 bridgehead atoms. The van der Waals surface area contributed by atoms with Gasteiger partial charge in [-0.1, -0.05) is 6.92 Å². The Kier molecular flexibility index (Phi) is 2.39. The molecule has 0 radical (unpaired) electrons. The van der Waals surface area contributed by atoms with Gasteiger partial charge in [-0.3, -0.25) is 10.2 Å². The summed E-state index contributed by atoms with van der Waals surface area (Å²) < 4.78 is 5.41. The molecule has 1 aromatic carbocycles.